The standard InChI is InChI=1S/C23H21N5O2/c1-17-12-21(28(29)30)14-25-23(17)24-13-20-16-27(15-18-8-4-2-5-9-18)26-22(20)19-10-6-3-7-11-19/h2-12,14,16H,13,15H2,1H3,(H,24,25). The SMILES string of the molecule is Cc1cc([N+](=O)[O-])cnc1NCc1cn(Cc2ccccc2)nc1-c1ccccc1. The van der Waals surface area contributed by atoms with Crippen molar-refractivity contribution in [3.8, 4) is 11.3 Å². The van der Waals surface area contributed by atoms with Crippen molar-refractivity contribution in [1.29, 1.82) is 0 Å². The lowest BCUT2D eigenvalue weighted by Crippen LogP contribution is -2.04. The molecule has 7 nitrogen and oxygen atoms in total. The summed E-state index contributed by atoms with van der Waals surface area (Å²) in [6.45, 7) is 2.99. The number of hydrogen-bond acceptors (Lipinski definition) is 5. The van der Waals surface area contributed by atoms with Gasteiger partial charge >= 0.3 is 0 Å². The molecule has 2 aromatic heterocycles. The van der Waals surface area contributed by atoms with E-state index in [-0.39, 0.29) is 5.69 Å². The van der Waals surface area contributed by atoms with E-state index in [9.17, 15) is 10.1 Å². The van der Waals surface area contributed by atoms with Gasteiger partial charge in [-0.2, -0.15) is 5.10 Å². The quantitative estimate of drug-likeness (QED) is 0.356. The predicted molar refractivity (Wildman–Crippen MR) is 116 cm³/mol. The van der Waals surface area contributed by atoms with Crippen LogP contribution in [0.2, 0.25) is 0 Å². The molecule has 4 aromatic rings. The van der Waals surface area contributed by atoms with Crippen molar-refractivity contribution in [2.24, 2.45) is 0 Å². The summed E-state index contributed by atoms with van der Waals surface area (Å²) in [7, 11) is 0. The summed E-state index contributed by atoms with van der Waals surface area (Å²) >= 11 is 0. The van der Waals surface area contributed by atoms with Crippen LogP contribution in [0.5, 0.6) is 0 Å². The van der Waals surface area contributed by atoms with Gasteiger partial charge in [-0.05, 0) is 18.1 Å². The monoisotopic (exact) mass is 399 g/mol. The summed E-state index contributed by atoms with van der Waals surface area (Å²) in [5, 5.41) is 19.0. The second kappa shape index (κ2) is 8.57. The summed E-state index contributed by atoms with van der Waals surface area (Å²) in [5.41, 5.74) is 4.85. The van der Waals surface area contributed by atoms with Gasteiger partial charge in [0, 0.05) is 29.9 Å². The number of nitro groups is 1. The molecule has 150 valence electrons. The molecule has 0 bridgehead atoms. The van der Waals surface area contributed by atoms with Crippen molar-refractivity contribution in [1.82, 2.24) is 14.8 Å². The average Bonchev–Trinajstić information content (AvgIpc) is 3.16. The summed E-state index contributed by atoms with van der Waals surface area (Å²) in [5.74, 6) is 0.621. The minimum atomic E-state index is -0.440. The second-order valence-electron chi connectivity index (χ2n) is 7.02. The number of benzene rings is 2. The number of rotatable bonds is 7. The Bertz CT molecular complexity index is 1160. The van der Waals surface area contributed by atoms with Crippen LogP contribution in [0.15, 0.2) is 79.1 Å². The van der Waals surface area contributed by atoms with Crippen LogP contribution < -0.4 is 5.32 Å². The van der Waals surface area contributed by atoms with Gasteiger partial charge in [0.15, 0.2) is 0 Å². The number of nitrogens with one attached hydrogen (secondary N) is 1. The smallest absolute Gasteiger partial charge is 0.287 e. The molecule has 30 heavy (non-hydrogen) atoms. The largest absolute Gasteiger partial charge is 0.366 e. The molecule has 0 spiro atoms. The van der Waals surface area contributed by atoms with E-state index >= 15 is 0 Å². The zero-order valence-corrected chi connectivity index (χ0v) is 16.5. The lowest BCUT2D eigenvalue weighted by atomic mass is 10.1. The summed E-state index contributed by atoms with van der Waals surface area (Å²) in [6, 6.07) is 21.7. The number of nitrogens with zero attached hydrogens (tertiary/aromatic N) is 4. The van der Waals surface area contributed by atoms with Gasteiger partial charge in [-0.15, -0.1) is 0 Å². The van der Waals surface area contributed by atoms with Crippen molar-refractivity contribution in [3.05, 3.63) is 106 Å². The van der Waals surface area contributed by atoms with Gasteiger partial charge in [-0.25, -0.2) is 4.98 Å². The highest BCUT2D eigenvalue weighted by molar-refractivity contribution is 5.63. The molecule has 0 atom stereocenters. The fraction of sp³-hybridized carbons (Fsp3) is 0.130. The second-order valence-corrected chi connectivity index (χ2v) is 7.02. The first kappa shape index (κ1) is 19.3. The summed E-state index contributed by atoms with van der Waals surface area (Å²) < 4.78 is 1.94. The van der Waals surface area contributed by atoms with Crippen molar-refractivity contribution in [2.45, 2.75) is 20.0 Å². The molecule has 4 rings (SSSR count). The highest BCUT2D eigenvalue weighted by atomic mass is 16.6. The lowest BCUT2D eigenvalue weighted by Gasteiger charge is -2.08. The third-order valence-electron chi connectivity index (χ3n) is 4.79. The van der Waals surface area contributed by atoms with Crippen molar-refractivity contribution < 1.29 is 4.92 Å². The van der Waals surface area contributed by atoms with E-state index in [0.29, 0.717) is 18.9 Å². The van der Waals surface area contributed by atoms with Crippen LogP contribution in [0, 0.1) is 17.0 Å². The predicted octanol–water partition coefficient (Wildman–Crippen LogP) is 4.82. The Morgan fingerprint density at radius 2 is 1.77 bits per heavy atom. The number of anilines is 1. The van der Waals surface area contributed by atoms with E-state index in [1.165, 1.54) is 17.8 Å². The normalized spacial score (nSPS) is 10.7. The Morgan fingerprint density at radius 3 is 2.43 bits per heavy atom. The van der Waals surface area contributed by atoms with Crippen molar-refractivity contribution in [2.75, 3.05) is 5.32 Å². The van der Waals surface area contributed by atoms with Gasteiger partial charge in [0.25, 0.3) is 5.69 Å². The zero-order chi connectivity index (χ0) is 20.9. The molecular weight excluding hydrogens is 378 g/mol. The highest BCUT2D eigenvalue weighted by Gasteiger charge is 2.14. The Hall–Kier alpha value is -4.00. The molecule has 2 aromatic carbocycles. The third kappa shape index (κ3) is 4.35. The van der Waals surface area contributed by atoms with E-state index in [0.717, 1.165) is 22.4 Å². The maximum Gasteiger partial charge on any atom is 0.287 e. The van der Waals surface area contributed by atoms with Crippen molar-refractivity contribution >= 4 is 11.5 Å². The molecule has 0 fully saturated rings. The molecule has 0 saturated heterocycles. The molecule has 0 amide bonds. The van der Waals surface area contributed by atoms with E-state index in [4.69, 9.17) is 5.10 Å². The number of pyridine rings is 1. The first-order valence-corrected chi connectivity index (χ1v) is 9.61. The lowest BCUT2D eigenvalue weighted by molar-refractivity contribution is -0.385. The maximum atomic E-state index is 10.9. The molecule has 0 aliphatic carbocycles. The van der Waals surface area contributed by atoms with Crippen LogP contribution in [-0.4, -0.2) is 19.7 Å². The molecule has 1 N–H and O–H groups in total. The zero-order valence-electron chi connectivity index (χ0n) is 16.5. The van der Waals surface area contributed by atoms with Crippen LogP contribution in [0.3, 0.4) is 0 Å². The van der Waals surface area contributed by atoms with Gasteiger partial charge in [0.1, 0.15) is 12.0 Å². The van der Waals surface area contributed by atoms with Crippen LogP contribution >= 0.6 is 0 Å². The van der Waals surface area contributed by atoms with Crippen molar-refractivity contribution in [3.63, 3.8) is 0 Å². The Labute approximate surface area is 174 Å². The molecule has 0 aliphatic heterocycles. The summed E-state index contributed by atoms with van der Waals surface area (Å²) in [4.78, 5) is 14.7. The summed E-state index contributed by atoms with van der Waals surface area (Å²) in [6.07, 6.45) is 3.30. The number of aromatic nitrogens is 3. The molecule has 0 radical (unpaired) electrons. The Kier molecular flexibility index (Phi) is 5.52. The minimum Gasteiger partial charge on any atom is -0.366 e. The molecule has 2 heterocycles. The molecule has 7 heteroatoms. The fourth-order valence-electron chi connectivity index (χ4n) is 3.31. The van der Waals surface area contributed by atoms with E-state index in [2.05, 4.69) is 22.4 Å². The van der Waals surface area contributed by atoms with Gasteiger partial charge < -0.3 is 5.32 Å². The first-order valence-electron chi connectivity index (χ1n) is 9.61. The average molecular weight is 399 g/mol. The van der Waals surface area contributed by atoms with Crippen LogP contribution in [0.25, 0.3) is 11.3 Å². The van der Waals surface area contributed by atoms with E-state index in [1.54, 1.807) is 6.92 Å². The topological polar surface area (TPSA) is 85.9 Å². The molecule has 0 aliphatic rings. The highest BCUT2D eigenvalue weighted by Crippen LogP contribution is 2.24. The van der Waals surface area contributed by atoms with Gasteiger partial charge in [0.2, 0.25) is 0 Å². The number of hydrogen-bond donors (Lipinski definition) is 1. The third-order valence-corrected chi connectivity index (χ3v) is 4.79. The van der Waals surface area contributed by atoms with Gasteiger partial charge in [0.05, 0.1) is 17.2 Å². The van der Waals surface area contributed by atoms with Gasteiger partial charge in [-0.3, -0.25) is 14.8 Å². The van der Waals surface area contributed by atoms with E-state index in [1.807, 2.05) is 59.4 Å². The number of aryl methyl sites for hydroxylation is 1. The van der Waals surface area contributed by atoms with Crippen LogP contribution in [0.1, 0.15) is 16.7 Å². The van der Waals surface area contributed by atoms with Crippen LogP contribution in [0.4, 0.5) is 11.5 Å². The Morgan fingerprint density at radius 1 is 1.07 bits per heavy atom. The van der Waals surface area contributed by atoms with Crippen LogP contribution in [-0.2, 0) is 13.1 Å². The maximum absolute atomic E-state index is 10.9. The minimum absolute atomic E-state index is 0.0151. The molecule has 0 unspecified atom stereocenters. The van der Waals surface area contributed by atoms with E-state index < -0.39 is 4.92 Å². The fourth-order valence-corrected chi connectivity index (χ4v) is 3.31. The molecular formula is C23H21N5O2. The first-order chi connectivity index (χ1) is 14.6. The van der Waals surface area contributed by atoms with Gasteiger partial charge in [-0.1, -0.05) is 60.7 Å². The Balaban J connectivity index is 1.60. The molecule has 0 saturated carbocycles.